The number of esters is 1. The van der Waals surface area contributed by atoms with Crippen molar-refractivity contribution in [3.05, 3.63) is 35.9 Å². The summed E-state index contributed by atoms with van der Waals surface area (Å²) in [6.45, 7) is 0.0247. The van der Waals surface area contributed by atoms with E-state index < -0.39 is 30.9 Å². The number of nitrogens with one attached hydrogen (secondary N) is 1. The molecule has 0 saturated carbocycles. The Morgan fingerprint density at radius 1 is 1.17 bits per heavy atom. The van der Waals surface area contributed by atoms with E-state index in [2.05, 4.69) is 10.1 Å². The maximum absolute atomic E-state index is 12.0. The largest absolute Gasteiger partial charge is 0.455 e. The lowest BCUT2D eigenvalue weighted by molar-refractivity contribution is -0.187. The van der Waals surface area contributed by atoms with Crippen molar-refractivity contribution in [1.82, 2.24) is 5.32 Å². The van der Waals surface area contributed by atoms with Crippen molar-refractivity contribution < 1.29 is 32.2 Å². The smallest absolute Gasteiger partial charge is 0.422 e. The van der Waals surface area contributed by atoms with Crippen LogP contribution < -0.4 is 5.32 Å². The van der Waals surface area contributed by atoms with E-state index in [4.69, 9.17) is 4.74 Å². The minimum atomic E-state index is -4.61. The van der Waals surface area contributed by atoms with Crippen molar-refractivity contribution in [3.63, 3.8) is 0 Å². The number of alkyl halides is 3. The maximum atomic E-state index is 12.0. The summed E-state index contributed by atoms with van der Waals surface area (Å²) in [5.74, 6) is -1.14. The molecule has 0 radical (unpaired) electrons. The Bertz CT molecular complexity index is 505. The van der Waals surface area contributed by atoms with Gasteiger partial charge in [-0.1, -0.05) is 43.7 Å². The number of alkyl carbamates (subject to hydrolysis) is 1. The Kier molecular flexibility index (Phi) is 7.37. The van der Waals surface area contributed by atoms with E-state index in [-0.39, 0.29) is 13.0 Å². The molecule has 0 fully saturated rings. The zero-order valence-electron chi connectivity index (χ0n) is 12.6. The van der Waals surface area contributed by atoms with Gasteiger partial charge >= 0.3 is 18.2 Å². The van der Waals surface area contributed by atoms with Crippen molar-refractivity contribution in [2.75, 3.05) is 6.61 Å². The lowest BCUT2D eigenvalue weighted by Gasteiger charge is -2.17. The molecule has 0 spiro atoms. The van der Waals surface area contributed by atoms with E-state index >= 15 is 0 Å². The van der Waals surface area contributed by atoms with E-state index in [9.17, 15) is 22.8 Å². The summed E-state index contributed by atoms with van der Waals surface area (Å²) in [7, 11) is 0. The van der Waals surface area contributed by atoms with Gasteiger partial charge in [0.25, 0.3) is 0 Å². The van der Waals surface area contributed by atoms with Crippen LogP contribution in [0, 0.1) is 0 Å². The molecule has 128 valence electrons. The molecule has 1 atom stereocenters. The molecule has 1 amide bonds. The summed E-state index contributed by atoms with van der Waals surface area (Å²) >= 11 is 0. The predicted molar refractivity (Wildman–Crippen MR) is 75.5 cm³/mol. The molecule has 8 heteroatoms. The average molecular weight is 333 g/mol. The topological polar surface area (TPSA) is 64.6 Å². The highest BCUT2D eigenvalue weighted by atomic mass is 19.4. The minimum absolute atomic E-state index is 0.0108. The second kappa shape index (κ2) is 9.02. The predicted octanol–water partition coefficient (Wildman–Crippen LogP) is 3.19. The second-order valence-corrected chi connectivity index (χ2v) is 4.77. The van der Waals surface area contributed by atoms with Gasteiger partial charge in [-0.15, -0.1) is 0 Å². The van der Waals surface area contributed by atoms with Gasteiger partial charge in [-0.25, -0.2) is 9.59 Å². The molecule has 23 heavy (non-hydrogen) atoms. The molecule has 0 unspecified atom stereocenters. The van der Waals surface area contributed by atoms with Crippen LogP contribution in [-0.2, 0) is 20.9 Å². The number of carbonyl (C=O) groups excluding carboxylic acids is 2. The van der Waals surface area contributed by atoms with Gasteiger partial charge in [0.2, 0.25) is 0 Å². The van der Waals surface area contributed by atoms with E-state index in [0.29, 0.717) is 6.42 Å². The molecule has 0 aliphatic rings. The first kappa shape index (κ1) is 18.8. The summed E-state index contributed by atoms with van der Waals surface area (Å²) in [6.07, 6.45) is -4.88. The minimum Gasteiger partial charge on any atom is -0.455 e. The van der Waals surface area contributed by atoms with Gasteiger partial charge in [-0.05, 0) is 12.0 Å². The first-order valence-corrected chi connectivity index (χ1v) is 7.02. The van der Waals surface area contributed by atoms with Crippen LogP contribution in [0.3, 0.4) is 0 Å². The number of amides is 1. The Labute approximate surface area is 131 Å². The first-order valence-electron chi connectivity index (χ1n) is 7.02. The summed E-state index contributed by atoms with van der Waals surface area (Å²) in [4.78, 5) is 23.2. The van der Waals surface area contributed by atoms with Crippen LogP contribution >= 0.6 is 0 Å². The molecular formula is C15H18F3NO4. The molecule has 1 aromatic carbocycles. The molecule has 5 nitrogen and oxygen atoms in total. The van der Waals surface area contributed by atoms with Gasteiger partial charge in [0.05, 0.1) is 0 Å². The Morgan fingerprint density at radius 2 is 1.83 bits per heavy atom. The van der Waals surface area contributed by atoms with E-state index in [1.165, 1.54) is 0 Å². The fraction of sp³-hybridized carbons (Fsp3) is 0.467. The number of rotatable bonds is 7. The third-order valence-electron chi connectivity index (χ3n) is 2.74. The number of ether oxygens (including phenoxy) is 2. The van der Waals surface area contributed by atoms with Crippen molar-refractivity contribution in [2.24, 2.45) is 0 Å². The zero-order chi connectivity index (χ0) is 17.3. The molecular weight excluding hydrogens is 315 g/mol. The Morgan fingerprint density at radius 3 is 2.39 bits per heavy atom. The van der Waals surface area contributed by atoms with Crippen LogP contribution in [0.2, 0.25) is 0 Å². The highest BCUT2D eigenvalue weighted by molar-refractivity contribution is 5.81. The SMILES string of the molecule is CCC[C@@H](NC(=O)OCc1ccccc1)C(=O)OCC(F)(F)F. The van der Waals surface area contributed by atoms with Crippen molar-refractivity contribution in [3.8, 4) is 0 Å². The van der Waals surface area contributed by atoms with Crippen LogP contribution in [0.5, 0.6) is 0 Å². The number of hydrogen-bond acceptors (Lipinski definition) is 4. The van der Waals surface area contributed by atoms with Gasteiger partial charge in [-0.3, -0.25) is 0 Å². The third kappa shape index (κ3) is 8.08. The fourth-order valence-corrected chi connectivity index (χ4v) is 1.70. The monoisotopic (exact) mass is 333 g/mol. The van der Waals surface area contributed by atoms with Crippen molar-refractivity contribution in [1.29, 1.82) is 0 Å². The van der Waals surface area contributed by atoms with E-state index in [1.807, 2.05) is 0 Å². The summed E-state index contributed by atoms with van der Waals surface area (Å²) in [6, 6.07) is 7.65. The molecule has 1 rings (SSSR count). The van der Waals surface area contributed by atoms with Gasteiger partial charge in [0, 0.05) is 0 Å². The molecule has 1 N–H and O–H groups in total. The molecule has 1 aromatic rings. The van der Waals surface area contributed by atoms with Crippen LogP contribution in [0.1, 0.15) is 25.3 Å². The van der Waals surface area contributed by atoms with Gasteiger partial charge < -0.3 is 14.8 Å². The molecule has 0 aliphatic carbocycles. The van der Waals surface area contributed by atoms with Crippen molar-refractivity contribution >= 4 is 12.1 Å². The number of benzene rings is 1. The number of halogens is 3. The van der Waals surface area contributed by atoms with E-state index in [1.54, 1.807) is 37.3 Å². The van der Waals surface area contributed by atoms with Crippen molar-refractivity contribution in [2.45, 2.75) is 38.6 Å². The van der Waals surface area contributed by atoms with Gasteiger partial charge in [0.15, 0.2) is 6.61 Å². The third-order valence-corrected chi connectivity index (χ3v) is 2.74. The van der Waals surface area contributed by atoms with Crippen LogP contribution in [0.15, 0.2) is 30.3 Å². The molecule has 0 saturated heterocycles. The van der Waals surface area contributed by atoms with E-state index in [0.717, 1.165) is 5.56 Å². The Hall–Kier alpha value is -2.25. The molecule has 0 heterocycles. The summed E-state index contributed by atoms with van der Waals surface area (Å²) in [5, 5.41) is 2.22. The van der Waals surface area contributed by atoms with Crippen LogP contribution in [0.4, 0.5) is 18.0 Å². The highest BCUT2D eigenvalue weighted by Crippen LogP contribution is 2.15. The molecule has 0 bridgehead atoms. The normalized spacial score (nSPS) is 12.3. The lowest BCUT2D eigenvalue weighted by atomic mass is 10.2. The molecule has 0 aromatic heterocycles. The quantitative estimate of drug-likeness (QED) is 0.778. The highest BCUT2D eigenvalue weighted by Gasteiger charge is 2.32. The van der Waals surface area contributed by atoms with Gasteiger partial charge in [0.1, 0.15) is 12.6 Å². The number of carbonyl (C=O) groups is 2. The Balaban J connectivity index is 2.47. The lowest BCUT2D eigenvalue weighted by Crippen LogP contribution is -2.42. The zero-order valence-corrected chi connectivity index (χ0v) is 12.6. The average Bonchev–Trinajstić information content (AvgIpc) is 2.50. The fourth-order valence-electron chi connectivity index (χ4n) is 1.70. The van der Waals surface area contributed by atoms with Gasteiger partial charge in [-0.2, -0.15) is 13.2 Å². The van der Waals surface area contributed by atoms with Crippen LogP contribution in [-0.4, -0.2) is 30.9 Å². The van der Waals surface area contributed by atoms with Crippen LogP contribution in [0.25, 0.3) is 0 Å². The number of hydrogen-bond donors (Lipinski definition) is 1. The summed E-state index contributed by atoms with van der Waals surface area (Å²) < 4.78 is 45.2. The maximum Gasteiger partial charge on any atom is 0.422 e. The second-order valence-electron chi connectivity index (χ2n) is 4.77. The first-order chi connectivity index (χ1) is 10.8. The summed E-state index contributed by atoms with van der Waals surface area (Å²) in [5.41, 5.74) is 0.745. The molecule has 0 aliphatic heterocycles. The standard InChI is InChI=1S/C15H18F3NO4/c1-2-6-12(13(20)23-10-15(16,17)18)19-14(21)22-9-11-7-4-3-5-8-11/h3-5,7-8,12H,2,6,9-10H2,1H3,(H,19,21)/t12-/m1/s1.